The highest BCUT2D eigenvalue weighted by atomic mass is 32.1. The summed E-state index contributed by atoms with van der Waals surface area (Å²) in [6, 6.07) is 4.06. The van der Waals surface area contributed by atoms with Crippen molar-refractivity contribution in [3.05, 3.63) is 22.4 Å². The van der Waals surface area contributed by atoms with Crippen molar-refractivity contribution in [2.24, 2.45) is 5.92 Å². The molecule has 1 fully saturated rings. The molecule has 0 saturated carbocycles. The monoisotopic (exact) mass is 352 g/mol. The first-order valence-electron chi connectivity index (χ1n) is 8.24. The van der Waals surface area contributed by atoms with Crippen LogP contribution in [0.4, 0.5) is 0 Å². The molecule has 0 bridgehead atoms. The standard InChI is InChI=1S/C17H24N2O4S/c1-18(15(20)6-2-4-14-5-3-11-24-14)12-16(21)19-9-7-13(8-10-19)17(22)23/h3,5,11,13H,2,4,6-10,12H2,1H3,(H,22,23). The average molecular weight is 352 g/mol. The van der Waals surface area contributed by atoms with E-state index in [0.717, 1.165) is 12.8 Å². The molecule has 2 heterocycles. The number of thiophene rings is 1. The van der Waals surface area contributed by atoms with Gasteiger partial charge in [-0.05, 0) is 37.1 Å². The number of carboxylic acid groups (broad SMARTS) is 1. The Bertz CT molecular complexity index is 565. The second-order valence-corrected chi connectivity index (χ2v) is 7.21. The highest BCUT2D eigenvalue weighted by Crippen LogP contribution is 2.17. The molecule has 0 spiro atoms. The van der Waals surface area contributed by atoms with Gasteiger partial charge in [0.25, 0.3) is 0 Å². The van der Waals surface area contributed by atoms with Crippen LogP contribution in [0.25, 0.3) is 0 Å². The minimum absolute atomic E-state index is 0.0275. The Morgan fingerprint density at radius 1 is 1.33 bits per heavy atom. The first kappa shape index (κ1) is 18.4. The Morgan fingerprint density at radius 3 is 2.62 bits per heavy atom. The van der Waals surface area contributed by atoms with E-state index in [1.165, 1.54) is 9.78 Å². The van der Waals surface area contributed by atoms with Gasteiger partial charge in [0.05, 0.1) is 12.5 Å². The van der Waals surface area contributed by atoms with Crippen LogP contribution in [-0.2, 0) is 20.8 Å². The van der Waals surface area contributed by atoms with Crippen LogP contribution in [0.1, 0.15) is 30.6 Å². The number of hydrogen-bond acceptors (Lipinski definition) is 4. The van der Waals surface area contributed by atoms with Crippen LogP contribution in [0.15, 0.2) is 17.5 Å². The molecule has 1 saturated heterocycles. The Morgan fingerprint density at radius 2 is 2.04 bits per heavy atom. The molecule has 0 unspecified atom stereocenters. The van der Waals surface area contributed by atoms with Crippen LogP contribution in [-0.4, -0.2) is 59.4 Å². The number of carboxylic acids is 1. The summed E-state index contributed by atoms with van der Waals surface area (Å²) >= 11 is 1.69. The molecule has 7 heteroatoms. The van der Waals surface area contributed by atoms with E-state index >= 15 is 0 Å². The third kappa shape index (κ3) is 5.33. The molecule has 0 aliphatic carbocycles. The fourth-order valence-corrected chi connectivity index (χ4v) is 3.58. The van der Waals surface area contributed by atoms with E-state index in [0.29, 0.717) is 32.4 Å². The van der Waals surface area contributed by atoms with Crippen molar-refractivity contribution in [2.45, 2.75) is 32.1 Å². The van der Waals surface area contributed by atoms with E-state index in [2.05, 4.69) is 6.07 Å². The number of carbonyl (C=O) groups is 3. The van der Waals surface area contributed by atoms with Crippen LogP contribution in [0.2, 0.25) is 0 Å². The SMILES string of the molecule is CN(CC(=O)N1CCC(C(=O)O)CC1)C(=O)CCCc1cccs1. The second kappa shape index (κ2) is 8.82. The van der Waals surface area contributed by atoms with Gasteiger partial charge in [-0.15, -0.1) is 11.3 Å². The molecule has 1 aromatic rings. The van der Waals surface area contributed by atoms with Crippen molar-refractivity contribution >= 4 is 29.1 Å². The van der Waals surface area contributed by atoms with Gasteiger partial charge in [-0.2, -0.15) is 0 Å². The lowest BCUT2D eigenvalue weighted by Gasteiger charge is -2.31. The third-order valence-electron chi connectivity index (χ3n) is 4.39. The van der Waals surface area contributed by atoms with Crippen molar-refractivity contribution in [1.82, 2.24) is 9.80 Å². The molecule has 0 radical (unpaired) electrons. The van der Waals surface area contributed by atoms with Crippen molar-refractivity contribution in [3.63, 3.8) is 0 Å². The van der Waals surface area contributed by atoms with Crippen molar-refractivity contribution in [3.8, 4) is 0 Å². The maximum Gasteiger partial charge on any atom is 0.306 e. The molecule has 1 aliphatic heterocycles. The number of hydrogen-bond donors (Lipinski definition) is 1. The largest absolute Gasteiger partial charge is 0.481 e. The summed E-state index contributed by atoms with van der Waals surface area (Å²) < 4.78 is 0. The zero-order valence-electron chi connectivity index (χ0n) is 13.9. The molecule has 24 heavy (non-hydrogen) atoms. The second-order valence-electron chi connectivity index (χ2n) is 6.18. The van der Waals surface area contributed by atoms with E-state index in [1.54, 1.807) is 23.3 Å². The van der Waals surface area contributed by atoms with Gasteiger partial charge in [-0.1, -0.05) is 6.07 Å². The first-order chi connectivity index (χ1) is 11.5. The number of piperidine rings is 1. The molecule has 2 amide bonds. The zero-order chi connectivity index (χ0) is 17.5. The topological polar surface area (TPSA) is 77.9 Å². The summed E-state index contributed by atoms with van der Waals surface area (Å²) in [7, 11) is 1.65. The summed E-state index contributed by atoms with van der Waals surface area (Å²) in [4.78, 5) is 39.7. The smallest absolute Gasteiger partial charge is 0.306 e. The number of amides is 2. The molecule has 1 N–H and O–H groups in total. The quantitative estimate of drug-likeness (QED) is 0.812. The summed E-state index contributed by atoms with van der Waals surface area (Å²) in [5.74, 6) is -1.28. The molecule has 132 valence electrons. The van der Waals surface area contributed by atoms with Crippen LogP contribution in [0.5, 0.6) is 0 Å². The number of nitrogens with zero attached hydrogens (tertiary/aromatic N) is 2. The molecule has 0 atom stereocenters. The van der Waals surface area contributed by atoms with E-state index in [9.17, 15) is 14.4 Å². The number of likely N-dealkylation sites (N-methyl/N-ethyl adjacent to an activating group) is 1. The molecule has 1 aliphatic rings. The summed E-state index contributed by atoms with van der Waals surface area (Å²) in [5.41, 5.74) is 0. The van der Waals surface area contributed by atoms with E-state index in [1.807, 2.05) is 11.4 Å². The van der Waals surface area contributed by atoms with Crippen molar-refractivity contribution < 1.29 is 19.5 Å². The van der Waals surface area contributed by atoms with Crippen molar-refractivity contribution in [2.75, 3.05) is 26.7 Å². The van der Waals surface area contributed by atoms with Gasteiger partial charge in [-0.3, -0.25) is 14.4 Å². The van der Waals surface area contributed by atoms with Gasteiger partial charge >= 0.3 is 5.97 Å². The predicted octanol–water partition coefficient (Wildman–Crippen LogP) is 1.85. The number of aryl methyl sites for hydroxylation is 1. The minimum atomic E-state index is -0.792. The lowest BCUT2D eigenvalue weighted by Crippen LogP contribution is -2.45. The lowest BCUT2D eigenvalue weighted by molar-refractivity contribution is -0.146. The third-order valence-corrected chi connectivity index (χ3v) is 5.33. The first-order valence-corrected chi connectivity index (χ1v) is 9.12. The number of carbonyl (C=O) groups excluding carboxylic acids is 2. The van der Waals surface area contributed by atoms with E-state index in [4.69, 9.17) is 5.11 Å². The molecule has 2 rings (SSSR count). The predicted molar refractivity (Wildman–Crippen MR) is 91.8 cm³/mol. The molecule has 6 nitrogen and oxygen atoms in total. The van der Waals surface area contributed by atoms with Crippen LogP contribution >= 0.6 is 11.3 Å². The Hall–Kier alpha value is -1.89. The average Bonchev–Trinajstić information content (AvgIpc) is 3.08. The fraction of sp³-hybridized carbons (Fsp3) is 0.588. The van der Waals surface area contributed by atoms with E-state index < -0.39 is 5.97 Å². The molecular weight excluding hydrogens is 328 g/mol. The number of aliphatic carboxylic acids is 1. The highest BCUT2D eigenvalue weighted by Gasteiger charge is 2.27. The molecular formula is C17H24N2O4S. The highest BCUT2D eigenvalue weighted by molar-refractivity contribution is 7.09. The van der Waals surface area contributed by atoms with E-state index in [-0.39, 0.29) is 24.3 Å². The zero-order valence-corrected chi connectivity index (χ0v) is 14.8. The summed E-state index contributed by atoms with van der Waals surface area (Å²) in [5, 5.41) is 11.0. The van der Waals surface area contributed by atoms with Crippen LogP contribution in [0, 0.1) is 5.92 Å². The minimum Gasteiger partial charge on any atom is -0.481 e. The van der Waals surface area contributed by atoms with Crippen LogP contribution in [0.3, 0.4) is 0 Å². The van der Waals surface area contributed by atoms with Crippen LogP contribution < -0.4 is 0 Å². The van der Waals surface area contributed by atoms with Gasteiger partial charge in [0, 0.05) is 31.4 Å². The Kier molecular flexibility index (Phi) is 6.78. The van der Waals surface area contributed by atoms with Gasteiger partial charge < -0.3 is 14.9 Å². The lowest BCUT2D eigenvalue weighted by atomic mass is 9.97. The fourth-order valence-electron chi connectivity index (χ4n) is 2.83. The van der Waals surface area contributed by atoms with Gasteiger partial charge in [0.1, 0.15) is 0 Å². The van der Waals surface area contributed by atoms with Crippen molar-refractivity contribution in [1.29, 1.82) is 0 Å². The maximum atomic E-state index is 12.2. The molecule has 0 aromatic carbocycles. The Balaban J connectivity index is 1.69. The van der Waals surface area contributed by atoms with Gasteiger partial charge in [-0.25, -0.2) is 0 Å². The normalized spacial score (nSPS) is 15.3. The number of likely N-dealkylation sites (tertiary alicyclic amines) is 1. The van der Waals surface area contributed by atoms with Gasteiger partial charge in [0.2, 0.25) is 11.8 Å². The summed E-state index contributed by atoms with van der Waals surface area (Å²) in [6.07, 6.45) is 3.07. The maximum absolute atomic E-state index is 12.2. The summed E-state index contributed by atoms with van der Waals surface area (Å²) in [6.45, 7) is 0.974. The molecule has 1 aromatic heterocycles. The van der Waals surface area contributed by atoms with Gasteiger partial charge in [0.15, 0.2) is 0 Å². The number of rotatable bonds is 7. The Labute approximate surface area is 146 Å².